The highest BCUT2D eigenvalue weighted by Gasteiger charge is 2.02. The van der Waals surface area contributed by atoms with E-state index >= 15 is 0 Å². The standard InChI is InChI=1S/C13H15N3O2/c1-10(17)14-13-7-12(15-16-13)9-18-8-11-5-3-2-4-6-11/h2-7H,8-9H2,1H3,(H2,14,15,16,17). The van der Waals surface area contributed by atoms with Crippen molar-refractivity contribution in [1.82, 2.24) is 10.2 Å². The molecule has 0 fully saturated rings. The zero-order valence-corrected chi connectivity index (χ0v) is 10.1. The maximum absolute atomic E-state index is 10.8. The van der Waals surface area contributed by atoms with Crippen molar-refractivity contribution in [2.75, 3.05) is 5.32 Å². The Bertz CT molecular complexity index is 508. The number of carbonyl (C=O) groups is 1. The number of benzene rings is 1. The van der Waals surface area contributed by atoms with Gasteiger partial charge < -0.3 is 10.1 Å². The second-order valence-corrected chi connectivity index (χ2v) is 3.94. The molecule has 2 N–H and O–H groups in total. The number of hydrogen-bond donors (Lipinski definition) is 2. The molecule has 0 aliphatic rings. The molecule has 0 saturated carbocycles. The second kappa shape index (κ2) is 5.97. The molecule has 0 aliphatic heterocycles. The van der Waals surface area contributed by atoms with Crippen LogP contribution in [0.3, 0.4) is 0 Å². The first-order valence-corrected chi connectivity index (χ1v) is 5.67. The minimum absolute atomic E-state index is 0.141. The maximum atomic E-state index is 10.8. The van der Waals surface area contributed by atoms with Gasteiger partial charge in [0.05, 0.1) is 18.9 Å². The lowest BCUT2D eigenvalue weighted by Gasteiger charge is -2.01. The van der Waals surface area contributed by atoms with E-state index in [0.717, 1.165) is 11.3 Å². The lowest BCUT2D eigenvalue weighted by molar-refractivity contribution is -0.114. The first-order valence-electron chi connectivity index (χ1n) is 5.67. The van der Waals surface area contributed by atoms with Crippen molar-refractivity contribution < 1.29 is 9.53 Å². The number of rotatable bonds is 5. The Hall–Kier alpha value is -2.14. The van der Waals surface area contributed by atoms with E-state index in [4.69, 9.17) is 4.74 Å². The fraction of sp³-hybridized carbons (Fsp3) is 0.231. The molecule has 1 aromatic carbocycles. The topological polar surface area (TPSA) is 67.0 Å². The van der Waals surface area contributed by atoms with Crippen LogP contribution in [0.4, 0.5) is 5.82 Å². The van der Waals surface area contributed by atoms with Gasteiger partial charge in [-0.2, -0.15) is 5.10 Å². The Morgan fingerprint density at radius 2 is 2.11 bits per heavy atom. The minimum atomic E-state index is -0.141. The largest absolute Gasteiger partial charge is 0.371 e. The molecule has 0 atom stereocenters. The quantitative estimate of drug-likeness (QED) is 0.847. The Morgan fingerprint density at radius 3 is 2.83 bits per heavy atom. The molecule has 1 amide bonds. The highest BCUT2D eigenvalue weighted by atomic mass is 16.5. The smallest absolute Gasteiger partial charge is 0.222 e. The van der Waals surface area contributed by atoms with Crippen LogP contribution in [0.2, 0.25) is 0 Å². The molecule has 0 spiro atoms. The van der Waals surface area contributed by atoms with Crippen LogP contribution in [0.15, 0.2) is 36.4 Å². The zero-order valence-electron chi connectivity index (χ0n) is 10.1. The predicted octanol–water partition coefficient (Wildman–Crippen LogP) is 2.08. The van der Waals surface area contributed by atoms with Gasteiger partial charge >= 0.3 is 0 Å². The Balaban J connectivity index is 1.80. The van der Waals surface area contributed by atoms with E-state index in [1.165, 1.54) is 6.92 Å². The Labute approximate surface area is 105 Å². The number of carbonyl (C=O) groups excluding carboxylic acids is 1. The summed E-state index contributed by atoms with van der Waals surface area (Å²) in [5.41, 5.74) is 1.95. The van der Waals surface area contributed by atoms with Gasteiger partial charge in [-0.25, -0.2) is 0 Å². The van der Waals surface area contributed by atoms with Crippen molar-refractivity contribution in [3.05, 3.63) is 47.7 Å². The van der Waals surface area contributed by atoms with Gasteiger partial charge in [0.25, 0.3) is 0 Å². The third-order valence-electron chi connectivity index (χ3n) is 2.30. The van der Waals surface area contributed by atoms with Crippen molar-refractivity contribution >= 4 is 11.7 Å². The number of aromatic nitrogens is 2. The van der Waals surface area contributed by atoms with Crippen molar-refractivity contribution in [3.63, 3.8) is 0 Å². The monoisotopic (exact) mass is 245 g/mol. The van der Waals surface area contributed by atoms with Crippen LogP contribution >= 0.6 is 0 Å². The molecular weight excluding hydrogens is 230 g/mol. The van der Waals surface area contributed by atoms with E-state index in [0.29, 0.717) is 19.0 Å². The van der Waals surface area contributed by atoms with Crippen LogP contribution < -0.4 is 5.32 Å². The first-order chi connectivity index (χ1) is 8.74. The van der Waals surface area contributed by atoms with Crippen LogP contribution in [0.1, 0.15) is 18.2 Å². The van der Waals surface area contributed by atoms with E-state index in [9.17, 15) is 4.79 Å². The van der Waals surface area contributed by atoms with Gasteiger partial charge in [-0.3, -0.25) is 9.89 Å². The Kier molecular flexibility index (Phi) is 4.09. The SMILES string of the molecule is CC(=O)Nc1cc(COCc2ccccc2)[nH]n1. The number of nitrogens with one attached hydrogen (secondary N) is 2. The summed E-state index contributed by atoms with van der Waals surface area (Å²) in [6.45, 7) is 2.43. The maximum Gasteiger partial charge on any atom is 0.222 e. The van der Waals surface area contributed by atoms with Gasteiger partial charge in [-0.15, -0.1) is 0 Å². The number of H-pyrrole nitrogens is 1. The number of ether oxygens (including phenoxy) is 1. The highest BCUT2D eigenvalue weighted by molar-refractivity contribution is 5.87. The number of anilines is 1. The first kappa shape index (κ1) is 12.3. The number of hydrogen-bond acceptors (Lipinski definition) is 3. The molecule has 94 valence electrons. The molecule has 5 nitrogen and oxygen atoms in total. The van der Waals surface area contributed by atoms with E-state index < -0.39 is 0 Å². The van der Waals surface area contributed by atoms with Gasteiger partial charge in [0.2, 0.25) is 5.91 Å². The molecular formula is C13H15N3O2. The summed E-state index contributed by atoms with van der Waals surface area (Å²) in [7, 11) is 0. The molecule has 0 saturated heterocycles. The Morgan fingerprint density at radius 1 is 1.33 bits per heavy atom. The van der Waals surface area contributed by atoms with E-state index in [1.807, 2.05) is 30.3 Å². The number of aromatic amines is 1. The molecule has 2 aromatic rings. The normalized spacial score (nSPS) is 10.3. The third-order valence-corrected chi connectivity index (χ3v) is 2.30. The molecule has 0 aliphatic carbocycles. The van der Waals surface area contributed by atoms with Crippen molar-refractivity contribution in [2.45, 2.75) is 20.1 Å². The van der Waals surface area contributed by atoms with Crippen molar-refractivity contribution in [3.8, 4) is 0 Å². The van der Waals surface area contributed by atoms with Crippen LogP contribution in [-0.4, -0.2) is 16.1 Å². The molecule has 5 heteroatoms. The molecule has 2 rings (SSSR count). The van der Waals surface area contributed by atoms with Gasteiger partial charge in [0.1, 0.15) is 0 Å². The van der Waals surface area contributed by atoms with Gasteiger partial charge in [-0.1, -0.05) is 30.3 Å². The fourth-order valence-electron chi connectivity index (χ4n) is 1.53. The molecule has 1 heterocycles. The molecule has 0 unspecified atom stereocenters. The minimum Gasteiger partial charge on any atom is -0.371 e. The van der Waals surface area contributed by atoms with E-state index in [-0.39, 0.29) is 5.91 Å². The van der Waals surface area contributed by atoms with Crippen molar-refractivity contribution in [2.24, 2.45) is 0 Å². The molecule has 1 aromatic heterocycles. The third kappa shape index (κ3) is 3.71. The lowest BCUT2D eigenvalue weighted by atomic mass is 10.2. The van der Waals surface area contributed by atoms with Gasteiger partial charge in [0.15, 0.2) is 5.82 Å². The number of nitrogens with zero attached hydrogens (tertiary/aromatic N) is 1. The fourth-order valence-corrected chi connectivity index (χ4v) is 1.53. The summed E-state index contributed by atoms with van der Waals surface area (Å²) in [5.74, 6) is 0.374. The average Bonchev–Trinajstić information content (AvgIpc) is 2.77. The predicted molar refractivity (Wildman–Crippen MR) is 67.8 cm³/mol. The van der Waals surface area contributed by atoms with E-state index in [1.54, 1.807) is 6.07 Å². The van der Waals surface area contributed by atoms with Gasteiger partial charge in [0, 0.05) is 13.0 Å². The second-order valence-electron chi connectivity index (χ2n) is 3.94. The van der Waals surface area contributed by atoms with Crippen LogP contribution in [0, 0.1) is 0 Å². The van der Waals surface area contributed by atoms with Gasteiger partial charge in [-0.05, 0) is 5.56 Å². The summed E-state index contributed by atoms with van der Waals surface area (Å²) < 4.78 is 5.54. The molecule has 0 radical (unpaired) electrons. The average molecular weight is 245 g/mol. The number of amides is 1. The van der Waals surface area contributed by atoms with E-state index in [2.05, 4.69) is 15.5 Å². The van der Waals surface area contributed by atoms with Crippen molar-refractivity contribution in [1.29, 1.82) is 0 Å². The van der Waals surface area contributed by atoms with Crippen LogP contribution in [-0.2, 0) is 22.7 Å². The summed E-state index contributed by atoms with van der Waals surface area (Å²) >= 11 is 0. The van der Waals surface area contributed by atoms with Crippen LogP contribution in [0.25, 0.3) is 0 Å². The lowest BCUT2D eigenvalue weighted by Crippen LogP contribution is -2.05. The zero-order chi connectivity index (χ0) is 12.8. The summed E-state index contributed by atoms with van der Waals surface area (Å²) in [6, 6.07) is 11.7. The van der Waals surface area contributed by atoms with Crippen LogP contribution in [0.5, 0.6) is 0 Å². The molecule has 0 bridgehead atoms. The highest BCUT2D eigenvalue weighted by Crippen LogP contribution is 2.08. The summed E-state index contributed by atoms with van der Waals surface area (Å²) in [5, 5.41) is 9.35. The molecule has 18 heavy (non-hydrogen) atoms. The summed E-state index contributed by atoms with van der Waals surface area (Å²) in [4.78, 5) is 10.8. The summed E-state index contributed by atoms with van der Waals surface area (Å²) in [6.07, 6.45) is 0.